The molecule has 0 aromatic heterocycles. The molecule has 0 aliphatic carbocycles. The topological polar surface area (TPSA) is 134 Å². The molecule has 0 heterocycles. The molecule has 0 amide bonds. The second-order valence-corrected chi connectivity index (χ2v) is 14.3. The molecule has 47 heavy (non-hydrogen) atoms. The average Bonchev–Trinajstić information content (AvgIpc) is 3.05. The van der Waals surface area contributed by atoms with E-state index >= 15 is 0 Å². The van der Waals surface area contributed by atoms with Gasteiger partial charge in [-0.25, -0.2) is 4.57 Å². The zero-order valence-electron chi connectivity index (χ0n) is 30.3. The maximum atomic E-state index is 12.5. The van der Waals surface area contributed by atoms with Crippen molar-refractivity contribution in [3.8, 4) is 0 Å². The summed E-state index contributed by atoms with van der Waals surface area (Å²) in [6.45, 7) is 3.71. The van der Waals surface area contributed by atoms with E-state index in [-0.39, 0.29) is 38.6 Å². The Kier molecular flexibility index (Phi) is 33.7. The van der Waals surface area contributed by atoms with E-state index in [2.05, 4.69) is 26.0 Å². The van der Waals surface area contributed by atoms with Crippen LogP contribution < -0.4 is 5.73 Å². The highest BCUT2D eigenvalue weighted by Crippen LogP contribution is 2.43. The normalized spacial score (nSPS) is 13.5. The minimum atomic E-state index is -4.37. The third kappa shape index (κ3) is 34.4. The summed E-state index contributed by atoms with van der Waals surface area (Å²) in [5.41, 5.74) is 5.33. The number of nitrogens with two attached hydrogens (primary N) is 1. The quantitative estimate of drug-likeness (QED) is 0.0285. The number of phosphoric acid groups is 1. The van der Waals surface area contributed by atoms with Gasteiger partial charge >= 0.3 is 19.8 Å². The highest BCUT2D eigenvalue weighted by Gasteiger charge is 2.25. The van der Waals surface area contributed by atoms with Crippen LogP contribution in [0, 0.1) is 0 Å². The highest BCUT2D eigenvalue weighted by atomic mass is 31.2. The van der Waals surface area contributed by atoms with Gasteiger partial charge in [0.1, 0.15) is 6.61 Å². The van der Waals surface area contributed by atoms with Crippen molar-refractivity contribution in [1.29, 1.82) is 0 Å². The summed E-state index contributed by atoms with van der Waals surface area (Å²) in [5.74, 6) is -0.834. The van der Waals surface area contributed by atoms with Gasteiger partial charge in [0.2, 0.25) is 0 Å². The van der Waals surface area contributed by atoms with Gasteiger partial charge in [0.05, 0.1) is 13.2 Å². The Hall–Kier alpha value is -1.25. The summed E-state index contributed by atoms with van der Waals surface area (Å²) in [6.07, 6.45) is 32.4. The van der Waals surface area contributed by atoms with Crippen molar-refractivity contribution in [2.75, 3.05) is 26.4 Å². The van der Waals surface area contributed by atoms with Gasteiger partial charge < -0.3 is 20.1 Å². The molecule has 3 N–H and O–H groups in total. The van der Waals surface area contributed by atoms with Crippen LogP contribution in [0.5, 0.6) is 0 Å². The first-order valence-electron chi connectivity index (χ1n) is 19.2. The minimum Gasteiger partial charge on any atom is -0.462 e. The zero-order chi connectivity index (χ0) is 34.7. The largest absolute Gasteiger partial charge is 0.472 e. The lowest BCUT2D eigenvalue weighted by molar-refractivity contribution is -0.161. The van der Waals surface area contributed by atoms with Crippen molar-refractivity contribution in [1.82, 2.24) is 0 Å². The maximum Gasteiger partial charge on any atom is 0.472 e. The summed E-state index contributed by atoms with van der Waals surface area (Å²) < 4.78 is 32.6. The Labute approximate surface area is 288 Å². The number of hydrogen-bond acceptors (Lipinski definition) is 8. The Morgan fingerprint density at radius 3 is 1.51 bits per heavy atom. The minimum absolute atomic E-state index is 0.0545. The molecule has 0 fully saturated rings. The number of rotatable bonds is 36. The van der Waals surface area contributed by atoms with E-state index in [4.69, 9.17) is 24.3 Å². The first-order chi connectivity index (χ1) is 22.8. The van der Waals surface area contributed by atoms with Gasteiger partial charge in [-0.3, -0.25) is 18.6 Å². The van der Waals surface area contributed by atoms with Gasteiger partial charge in [-0.05, 0) is 38.5 Å². The SMILES string of the molecule is CCCCCCC/C=C\CCCCCCCC(=O)O[C@H](COC(=O)CCCCCCCCCCCCCC)COP(=O)(O)OCCN. The van der Waals surface area contributed by atoms with Crippen LogP contribution in [-0.2, 0) is 32.7 Å². The lowest BCUT2D eigenvalue weighted by Crippen LogP contribution is -2.29. The molecule has 10 heteroatoms. The van der Waals surface area contributed by atoms with E-state index in [9.17, 15) is 19.0 Å². The number of ether oxygens (including phenoxy) is 2. The number of unbranched alkanes of at least 4 members (excludes halogenated alkanes) is 21. The van der Waals surface area contributed by atoms with Crippen molar-refractivity contribution >= 4 is 19.8 Å². The third-order valence-electron chi connectivity index (χ3n) is 8.15. The summed E-state index contributed by atoms with van der Waals surface area (Å²) >= 11 is 0. The molecular weight excluding hydrogens is 617 g/mol. The Bertz CT molecular complexity index is 794. The van der Waals surface area contributed by atoms with Crippen molar-refractivity contribution in [3.05, 3.63) is 12.2 Å². The monoisotopic (exact) mass is 689 g/mol. The van der Waals surface area contributed by atoms with Crippen LogP contribution in [0.1, 0.15) is 181 Å². The Balaban J connectivity index is 4.22. The average molecular weight is 690 g/mol. The number of hydrogen-bond donors (Lipinski definition) is 2. The van der Waals surface area contributed by atoms with Crippen LogP contribution in [0.25, 0.3) is 0 Å². The molecule has 0 saturated heterocycles. The van der Waals surface area contributed by atoms with Crippen LogP contribution in [0.4, 0.5) is 0 Å². The maximum absolute atomic E-state index is 12.5. The lowest BCUT2D eigenvalue weighted by atomic mass is 10.0. The van der Waals surface area contributed by atoms with E-state index in [1.165, 1.54) is 96.3 Å². The molecule has 0 aliphatic heterocycles. The molecule has 0 spiro atoms. The van der Waals surface area contributed by atoms with Crippen molar-refractivity contribution in [3.63, 3.8) is 0 Å². The summed E-state index contributed by atoms with van der Waals surface area (Å²) in [5, 5.41) is 0. The summed E-state index contributed by atoms with van der Waals surface area (Å²) in [7, 11) is -4.37. The first kappa shape index (κ1) is 45.8. The molecular formula is C37H72NO8P. The van der Waals surface area contributed by atoms with E-state index in [0.29, 0.717) is 6.42 Å². The van der Waals surface area contributed by atoms with Gasteiger partial charge in [0.15, 0.2) is 6.10 Å². The first-order valence-corrected chi connectivity index (χ1v) is 20.7. The molecule has 0 aliphatic rings. The molecule has 0 saturated carbocycles. The van der Waals surface area contributed by atoms with Gasteiger partial charge in [-0.1, -0.05) is 142 Å². The molecule has 2 atom stereocenters. The smallest absolute Gasteiger partial charge is 0.462 e. The number of allylic oxidation sites excluding steroid dienone is 2. The fraction of sp³-hybridized carbons (Fsp3) is 0.892. The molecule has 0 aromatic carbocycles. The van der Waals surface area contributed by atoms with Crippen molar-refractivity contribution in [2.45, 2.75) is 187 Å². The third-order valence-corrected chi connectivity index (χ3v) is 9.14. The predicted molar refractivity (Wildman–Crippen MR) is 192 cm³/mol. The van der Waals surface area contributed by atoms with Crippen LogP contribution >= 0.6 is 7.82 Å². The van der Waals surface area contributed by atoms with E-state index in [1.807, 2.05) is 0 Å². The second-order valence-electron chi connectivity index (χ2n) is 12.8. The van der Waals surface area contributed by atoms with Gasteiger partial charge in [-0.15, -0.1) is 0 Å². The standard InChI is InChI=1S/C37H72NO8P/c1-3-5-7-9-11-13-15-17-18-20-22-24-26-28-30-37(40)46-35(34-45-47(41,42)44-32-31-38)33-43-36(39)29-27-25-23-21-19-16-14-12-10-8-6-4-2/h15,17,35H,3-14,16,18-34,38H2,1-2H3,(H,41,42)/b17-15-/t35-/m1/s1. The van der Waals surface area contributed by atoms with Gasteiger partial charge in [-0.2, -0.15) is 0 Å². The molecule has 0 radical (unpaired) electrons. The fourth-order valence-electron chi connectivity index (χ4n) is 5.28. The van der Waals surface area contributed by atoms with E-state index in [1.54, 1.807) is 0 Å². The van der Waals surface area contributed by atoms with Gasteiger partial charge in [0, 0.05) is 19.4 Å². The summed E-state index contributed by atoms with van der Waals surface area (Å²) in [6, 6.07) is 0. The molecule has 0 aromatic rings. The highest BCUT2D eigenvalue weighted by molar-refractivity contribution is 7.47. The molecule has 1 unspecified atom stereocenters. The van der Waals surface area contributed by atoms with Crippen LogP contribution in [-0.4, -0.2) is 49.3 Å². The molecule has 0 rings (SSSR count). The molecule has 9 nitrogen and oxygen atoms in total. The molecule has 0 bridgehead atoms. The Morgan fingerprint density at radius 1 is 0.617 bits per heavy atom. The zero-order valence-corrected chi connectivity index (χ0v) is 31.2. The van der Waals surface area contributed by atoms with Crippen LogP contribution in [0.2, 0.25) is 0 Å². The second kappa shape index (κ2) is 34.6. The van der Waals surface area contributed by atoms with E-state index in [0.717, 1.165) is 51.4 Å². The predicted octanol–water partition coefficient (Wildman–Crippen LogP) is 10.3. The van der Waals surface area contributed by atoms with Crippen LogP contribution in [0.15, 0.2) is 12.2 Å². The number of carbonyl (C=O) groups is 2. The fourth-order valence-corrected chi connectivity index (χ4v) is 6.04. The molecule has 278 valence electrons. The van der Waals surface area contributed by atoms with Crippen LogP contribution in [0.3, 0.4) is 0 Å². The Morgan fingerprint density at radius 2 is 1.04 bits per heavy atom. The number of phosphoric ester groups is 1. The summed E-state index contributed by atoms with van der Waals surface area (Å²) in [4.78, 5) is 34.7. The number of esters is 2. The van der Waals surface area contributed by atoms with Gasteiger partial charge in [0.25, 0.3) is 0 Å². The lowest BCUT2D eigenvalue weighted by Gasteiger charge is -2.19. The van der Waals surface area contributed by atoms with Crippen molar-refractivity contribution < 1.29 is 37.6 Å². The number of carbonyl (C=O) groups excluding carboxylic acids is 2. The van der Waals surface area contributed by atoms with Crippen molar-refractivity contribution in [2.24, 2.45) is 5.73 Å². The van der Waals surface area contributed by atoms with E-state index < -0.39 is 26.5 Å².